The smallest absolute Gasteiger partial charge is 0.313 e. The number of amides is 1. The minimum Gasteiger partial charge on any atom is -0.481 e. The number of rotatable bonds is 7. The van der Waals surface area contributed by atoms with Crippen LogP contribution in [0.2, 0.25) is 0 Å². The van der Waals surface area contributed by atoms with Gasteiger partial charge in [0.05, 0.1) is 11.5 Å². The van der Waals surface area contributed by atoms with Gasteiger partial charge in [0.2, 0.25) is 5.91 Å². The van der Waals surface area contributed by atoms with E-state index in [-0.39, 0.29) is 23.2 Å². The van der Waals surface area contributed by atoms with Crippen LogP contribution in [0.25, 0.3) is 0 Å². The quantitative estimate of drug-likeness (QED) is 0.799. The third-order valence-corrected chi connectivity index (χ3v) is 3.40. The number of hydrogen-bond donors (Lipinski definition) is 2. The summed E-state index contributed by atoms with van der Waals surface area (Å²) in [5.74, 6) is -1.33. The molecule has 0 saturated heterocycles. The largest absolute Gasteiger partial charge is 0.481 e. The highest BCUT2D eigenvalue weighted by atomic mass is 32.2. The Labute approximate surface area is 115 Å². The van der Waals surface area contributed by atoms with E-state index in [1.54, 1.807) is 6.07 Å². The molecule has 0 fully saturated rings. The highest BCUT2D eigenvalue weighted by Gasteiger charge is 2.05. The highest BCUT2D eigenvalue weighted by molar-refractivity contribution is 8.00. The molecule has 0 unspecified atom stereocenters. The molecule has 2 N–H and O–H groups in total. The van der Waals surface area contributed by atoms with E-state index in [0.29, 0.717) is 13.0 Å². The van der Waals surface area contributed by atoms with Crippen molar-refractivity contribution < 1.29 is 19.1 Å². The maximum absolute atomic E-state index is 12.9. The summed E-state index contributed by atoms with van der Waals surface area (Å²) in [5, 5.41) is 11.1. The van der Waals surface area contributed by atoms with Crippen LogP contribution in [0.1, 0.15) is 11.1 Å². The number of carboxylic acids is 1. The number of aryl methyl sites for hydroxylation is 1. The minimum atomic E-state index is -0.931. The molecule has 1 amide bonds. The molecule has 0 aliphatic rings. The summed E-state index contributed by atoms with van der Waals surface area (Å²) in [4.78, 5) is 21.6. The van der Waals surface area contributed by atoms with Crippen LogP contribution >= 0.6 is 11.8 Å². The van der Waals surface area contributed by atoms with Crippen LogP contribution in [-0.2, 0) is 16.0 Å². The van der Waals surface area contributed by atoms with E-state index in [4.69, 9.17) is 5.11 Å². The fourth-order valence-corrected chi connectivity index (χ4v) is 2.12. The summed E-state index contributed by atoms with van der Waals surface area (Å²) < 4.78 is 12.9. The molecule has 0 aliphatic carbocycles. The molecular formula is C13H16FNO3S. The van der Waals surface area contributed by atoms with Crippen LogP contribution in [0, 0.1) is 12.7 Å². The molecule has 1 aromatic carbocycles. The first-order valence-corrected chi connectivity index (χ1v) is 6.96. The maximum Gasteiger partial charge on any atom is 0.313 e. The second-order valence-corrected chi connectivity index (χ2v) is 5.04. The van der Waals surface area contributed by atoms with Gasteiger partial charge < -0.3 is 10.4 Å². The summed E-state index contributed by atoms with van der Waals surface area (Å²) in [6.45, 7) is 2.28. The van der Waals surface area contributed by atoms with Crippen molar-refractivity contribution in [3.8, 4) is 0 Å². The number of hydrogen-bond acceptors (Lipinski definition) is 3. The van der Waals surface area contributed by atoms with Crippen molar-refractivity contribution in [3.63, 3.8) is 0 Å². The number of nitrogens with one attached hydrogen (secondary N) is 1. The fourth-order valence-electron chi connectivity index (χ4n) is 1.56. The Hall–Kier alpha value is -1.56. The molecule has 1 rings (SSSR count). The van der Waals surface area contributed by atoms with Gasteiger partial charge in [-0.05, 0) is 36.6 Å². The van der Waals surface area contributed by atoms with Crippen molar-refractivity contribution >= 4 is 23.6 Å². The van der Waals surface area contributed by atoms with E-state index in [2.05, 4.69) is 5.32 Å². The lowest BCUT2D eigenvalue weighted by Crippen LogP contribution is -2.27. The molecular weight excluding hydrogens is 269 g/mol. The molecule has 0 spiro atoms. The Morgan fingerprint density at radius 3 is 2.74 bits per heavy atom. The third kappa shape index (κ3) is 6.24. The molecule has 4 nitrogen and oxygen atoms in total. The normalized spacial score (nSPS) is 10.2. The van der Waals surface area contributed by atoms with Crippen molar-refractivity contribution in [2.24, 2.45) is 0 Å². The Kier molecular flexibility index (Phi) is 6.35. The summed E-state index contributed by atoms with van der Waals surface area (Å²) in [5.41, 5.74) is 1.84. The van der Waals surface area contributed by atoms with Crippen molar-refractivity contribution in [2.45, 2.75) is 13.3 Å². The molecule has 6 heteroatoms. The van der Waals surface area contributed by atoms with Gasteiger partial charge in [-0.1, -0.05) is 6.07 Å². The zero-order chi connectivity index (χ0) is 14.3. The highest BCUT2D eigenvalue weighted by Crippen LogP contribution is 2.10. The number of aliphatic carboxylic acids is 1. The SMILES string of the molecule is Cc1cc(F)ccc1CCNC(=O)CSCC(=O)O. The minimum absolute atomic E-state index is 0.0789. The van der Waals surface area contributed by atoms with Crippen LogP contribution in [0.5, 0.6) is 0 Å². The monoisotopic (exact) mass is 285 g/mol. The van der Waals surface area contributed by atoms with E-state index < -0.39 is 5.97 Å². The standard InChI is InChI=1S/C13H16FNO3S/c1-9-6-11(14)3-2-10(9)4-5-15-12(16)7-19-8-13(17)18/h2-3,6H,4-5,7-8H2,1H3,(H,15,16)(H,17,18). The van der Waals surface area contributed by atoms with Gasteiger partial charge in [0.15, 0.2) is 0 Å². The molecule has 0 aromatic heterocycles. The zero-order valence-corrected chi connectivity index (χ0v) is 11.4. The molecule has 1 aromatic rings. The first kappa shape index (κ1) is 15.5. The van der Waals surface area contributed by atoms with Gasteiger partial charge in [0, 0.05) is 6.54 Å². The van der Waals surface area contributed by atoms with Crippen LogP contribution in [0.15, 0.2) is 18.2 Å². The van der Waals surface area contributed by atoms with Crippen LogP contribution < -0.4 is 5.32 Å². The number of thioether (sulfide) groups is 1. The maximum atomic E-state index is 12.9. The van der Waals surface area contributed by atoms with Gasteiger partial charge in [-0.15, -0.1) is 11.8 Å². The van der Waals surface area contributed by atoms with Gasteiger partial charge in [0.25, 0.3) is 0 Å². The molecule has 0 atom stereocenters. The van der Waals surface area contributed by atoms with Crippen LogP contribution in [-0.4, -0.2) is 35.0 Å². The summed E-state index contributed by atoms with van der Waals surface area (Å²) in [6, 6.07) is 4.56. The Morgan fingerprint density at radius 2 is 2.11 bits per heavy atom. The van der Waals surface area contributed by atoms with Gasteiger partial charge in [-0.2, -0.15) is 0 Å². The Morgan fingerprint density at radius 1 is 1.37 bits per heavy atom. The first-order chi connectivity index (χ1) is 8.99. The van der Waals surface area contributed by atoms with E-state index in [1.807, 2.05) is 6.92 Å². The van der Waals surface area contributed by atoms with E-state index in [1.165, 1.54) is 12.1 Å². The second kappa shape index (κ2) is 7.78. The molecule has 0 bridgehead atoms. The number of carbonyl (C=O) groups excluding carboxylic acids is 1. The lowest BCUT2D eigenvalue weighted by molar-refractivity contribution is -0.133. The topological polar surface area (TPSA) is 66.4 Å². The number of halogens is 1. The predicted octanol–water partition coefficient (Wildman–Crippen LogP) is 1.61. The van der Waals surface area contributed by atoms with Crippen molar-refractivity contribution in [1.29, 1.82) is 0 Å². The van der Waals surface area contributed by atoms with Gasteiger partial charge >= 0.3 is 5.97 Å². The summed E-state index contributed by atoms with van der Waals surface area (Å²) >= 11 is 1.06. The zero-order valence-electron chi connectivity index (χ0n) is 10.6. The number of carbonyl (C=O) groups is 2. The fraction of sp³-hybridized carbons (Fsp3) is 0.385. The van der Waals surface area contributed by atoms with E-state index in [0.717, 1.165) is 22.9 Å². The van der Waals surface area contributed by atoms with Crippen LogP contribution in [0.4, 0.5) is 4.39 Å². The molecule has 0 aliphatic heterocycles. The van der Waals surface area contributed by atoms with Crippen molar-refractivity contribution in [2.75, 3.05) is 18.1 Å². The Bertz CT molecular complexity index is 465. The average molecular weight is 285 g/mol. The van der Waals surface area contributed by atoms with Crippen molar-refractivity contribution in [3.05, 3.63) is 35.1 Å². The lowest BCUT2D eigenvalue weighted by Gasteiger charge is -2.07. The summed E-state index contributed by atoms with van der Waals surface area (Å²) in [7, 11) is 0. The molecule has 0 heterocycles. The Balaban J connectivity index is 2.26. The van der Waals surface area contributed by atoms with Gasteiger partial charge in [-0.3, -0.25) is 9.59 Å². The van der Waals surface area contributed by atoms with Crippen molar-refractivity contribution in [1.82, 2.24) is 5.32 Å². The molecule has 19 heavy (non-hydrogen) atoms. The van der Waals surface area contributed by atoms with Gasteiger partial charge in [-0.25, -0.2) is 4.39 Å². The van der Waals surface area contributed by atoms with Gasteiger partial charge in [0.1, 0.15) is 5.82 Å². The van der Waals surface area contributed by atoms with E-state index >= 15 is 0 Å². The molecule has 0 radical (unpaired) electrons. The molecule has 104 valence electrons. The third-order valence-electron chi connectivity index (χ3n) is 2.48. The predicted molar refractivity (Wildman–Crippen MR) is 72.8 cm³/mol. The van der Waals surface area contributed by atoms with E-state index in [9.17, 15) is 14.0 Å². The first-order valence-electron chi connectivity index (χ1n) is 5.80. The lowest BCUT2D eigenvalue weighted by atomic mass is 10.1. The number of carboxylic acid groups (broad SMARTS) is 1. The number of benzene rings is 1. The van der Waals surface area contributed by atoms with Crippen LogP contribution in [0.3, 0.4) is 0 Å². The molecule has 0 saturated carbocycles. The summed E-state index contributed by atoms with van der Waals surface area (Å²) in [6.07, 6.45) is 0.626. The second-order valence-electron chi connectivity index (χ2n) is 4.06. The average Bonchev–Trinajstić information content (AvgIpc) is 2.31.